The second kappa shape index (κ2) is 5.25. The highest BCUT2D eigenvalue weighted by Gasteiger charge is 2.41. The number of hydrogen-bond acceptors (Lipinski definition) is 4. The third kappa shape index (κ3) is 3.36. The molecule has 2 N–H and O–H groups in total. The van der Waals surface area contributed by atoms with Crippen LogP contribution in [-0.2, 0) is 4.74 Å². The number of nitrogens with zero attached hydrogens (tertiary/aromatic N) is 2. The summed E-state index contributed by atoms with van der Waals surface area (Å²) in [6, 6.07) is 0.220. The van der Waals surface area contributed by atoms with Gasteiger partial charge in [-0.15, -0.1) is 0 Å². The van der Waals surface area contributed by atoms with E-state index < -0.39 is 5.60 Å². The molecule has 0 aromatic carbocycles. The largest absolute Gasteiger partial charge is 0.444 e. The number of carbonyl (C=O) groups excluding carboxylic acids is 1. The fraction of sp³-hybridized carbons (Fsp3) is 0.846. The third-order valence-electron chi connectivity index (χ3n) is 3.65. The summed E-state index contributed by atoms with van der Waals surface area (Å²) in [5, 5.41) is 0. The summed E-state index contributed by atoms with van der Waals surface area (Å²) in [5.74, 6) is 0. The van der Waals surface area contributed by atoms with Gasteiger partial charge >= 0.3 is 6.09 Å². The molecule has 2 saturated heterocycles. The summed E-state index contributed by atoms with van der Waals surface area (Å²) in [6.45, 7) is 8.08. The van der Waals surface area contributed by atoms with Crippen molar-refractivity contribution < 1.29 is 9.53 Å². The summed E-state index contributed by atoms with van der Waals surface area (Å²) in [6.07, 6.45) is 2.00. The van der Waals surface area contributed by atoms with Gasteiger partial charge in [0.25, 0.3) is 0 Å². The molecule has 2 rings (SSSR count). The first kappa shape index (κ1) is 14.5. The number of fused-ring (bicyclic) bond motifs is 1. The molecule has 2 heterocycles. The van der Waals surface area contributed by atoms with E-state index in [2.05, 4.69) is 4.90 Å². The molecular formula is C13H23N3O2S. The molecule has 2 fully saturated rings. The van der Waals surface area contributed by atoms with Gasteiger partial charge in [-0.1, -0.05) is 12.2 Å². The number of thiocarbonyl (C=S) groups is 1. The molecule has 2 atom stereocenters. The van der Waals surface area contributed by atoms with E-state index in [9.17, 15) is 4.79 Å². The number of amides is 1. The Balaban J connectivity index is 2.11. The molecule has 2 aliphatic heterocycles. The lowest BCUT2D eigenvalue weighted by atomic mass is 10.1. The molecule has 0 aliphatic carbocycles. The van der Waals surface area contributed by atoms with E-state index >= 15 is 0 Å². The van der Waals surface area contributed by atoms with Crippen molar-refractivity contribution in [2.45, 2.75) is 51.3 Å². The second-order valence-corrected chi connectivity index (χ2v) is 6.81. The van der Waals surface area contributed by atoms with E-state index in [-0.39, 0.29) is 12.1 Å². The van der Waals surface area contributed by atoms with E-state index in [1.54, 1.807) is 4.90 Å². The minimum atomic E-state index is -0.495. The Morgan fingerprint density at radius 3 is 2.63 bits per heavy atom. The molecule has 1 amide bonds. The van der Waals surface area contributed by atoms with Crippen molar-refractivity contribution in [1.82, 2.24) is 9.80 Å². The Kier molecular flexibility index (Phi) is 4.01. The quantitative estimate of drug-likeness (QED) is 0.737. The van der Waals surface area contributed by atoms with Crippen LogP contribution in [0.4, 0.5) is 4.79 Å². The number of ether oxygens (including phenoxy) is 1. The Hall–Kier alpha value is -0.880. The molecule has 6 heteroatoms. The van der Waals surface area contributed by atoms with Crippen molar-refractivity contribution in [3.8, 4) is 0 Å². The van der Waals surface area contributed by atoms with Gasteiger partial charge in [0.15, 0.2) is 0 Å². The molecule has 108 valence electrons. The van der Waals surface area contributed by atoms with Crippen molar-refractivity contribution in [3.05, 3.63) is 0 Å². The molecule has 0 radical (unpaired) electrons. The van der Waals surface area contributed by atoms with Crippen LogP contribution in [0.5, 0.6) is 0 Å². The third-order valence-corrected chi connectivity index (χ3v) is 3.92. The summed E-state index contributed by atoms with van der Waals surface area (Å²) < 4.78 is 5.46. The lowest BCUT2D eigenvalue weighted by Crippen LogP contribution is -2.62. The van der Waals surface area contributed by atoms with E-state index in [1.807, 2.05) is 20.8 Å². The zero-order valence-corrected chi connectivity index (χ0v) is 12.7. The SMILES string of the molecule is CC(C)(C)OC(=O)N1C[C@@H]2CCCN2C[C@H]1C(N)=S. The van der Waals surface area contributed by atoms with Gasteiger partial charge in [0.1, 0.15) is 5.60 Å². The average molecular weight is 285 g/mol. The van der Waals surface area contributed by atoms with Crippen molar-refractivity contribution in [2.24, 2.45) is 5.73 Å². The maximum Gasteiger partial charge on any atom is 0.410 e. The van der Waals surface area contributed by atoms with E-state index in [4.69, 9.17) is 22.7 Å². The molecule has 0 saturated carbocycles. The maximum absolute atomic E-state index is 12.3. The van der Waals surface area contributed by atoms with E-state index in [0.29, 0.717) is 17.6 Å². The van der Waals surface area contributed by atoms with Gasteiger partial charge in [-0.25, -0.2) is 4.79 Å². The Bertz CT molecular complexity index is 381. The highest BCUT2D eigenvalue weighted by Crippen LogP contribution is 2.26. The predicted molar refractivity (Wildman–Crippen MR) is 78.1 cm³/mol. The number of nitrogens with two attached hydrogens (primary N) is 1. The standard InChI is InChI=1S/C13H23N3O2S/c1-13(2,3)18-12(17)16-7-9-5-4-6-15(9)8-10(16)11(14)19/h9-10H,4-8H2,1-3H3,(H2,14,19)/t9-,10-/m0/s1. The predicted octanol–water partition coefficient (Wildman–Crippen LogP) is 1.36. The Morgan fingerprint density at radius 2 is 2.05 bits per heavy atom. The highest BCUT2D eigenvalue weighted by molar-refractivity contribution is 7.80. The van der Waals surface area contributed by atoms with Crippen LogP contribution in [-0.4, -0.2) is 58.2 Å². The lowest BCUT2D eigenvalue weighted by Gasteiger charge is -2.43. The fourth-order valence-corrected chi connectivity index (χ4v) is 2.98. The normalized spacial score (nSPS) is 28.1. The fourth-order valence-electron chi connectivity index (χ4n) is 2.78. The van der Waals surface area contributed by atoms with Gasteiger partial charge in [0, 0.05) is 19.1 Å². The molecule has 0 unspecified atom stereocenters. The first-order valence-electron chi connectivity index (χ1n) is 6.81. The van der Waals surface area contributed by atoms with Crippen LogP contribution in [0.3, 0.4) is 0 Å². The number of carbonyl (C=O) groups is 1. The Morgan fingerprint density at radius 1 is 1.37 bits per heavy atom. The molecule has 19 heavy (non-hydrogen) atoms. The van der Waals surface area contributed by atoms with Gasteiger partial charge < -0.3 is 10.5 Å². The maximum atomic E-state index is 12.3. The van der Waals surface area contributed by atoms with E-state index in [1.165, 1.54) is 6.42 Å². The first-order valence-corrected chi connectivity index (χ1v) is 7.22. The number of piperazine rings is 1. The Labute approximate surface area is 120 Å². The second-order valence-electron chi connectivity index (χ2n) is 6.34. The van der Waals surface area contributed by atoms with Crippen LogP contribution in [0.25, 0.3) is 0 Å². The van der Waals surface area contributed by atoms with Crippen LogP contribution in [0, 0.1) is 0 Å². The van der Waals surface area contributed by atoms with Crippen molar-refractivity contribution in [2.75, 3.05) is 19.6 Å². The van der Waals surface area contributed by atoms with Crippen LogP contribution >= 0.6 is 12.2 Å². The van der Waals surface area contributed by atoms with Crippen LogP contribution < -0.4 is 5.73 Å². The lowest BCUT2D eigenvalue weighted by molar-refractivity contribution is 0.00185. The van der Waals surface area contributed by atoms with Gasteiger partial charge in [-0.3, -0.25) is 9.80 Å². The molecule has 5 nitrogen and oxygen atoms in total. The minimum Gasteiger partial charge on any atom is -0.444 e. The zero-order valence-electron chi connectivity index (χ0n) is 11.9. The van der Waals surface area contributed by atoms with Crippen molar-refractivity contribution in [3.63, 3.8) is 0 Å². The van der Waals surface area contributed by atoms with Crippen LogP contribution in [0.15, 0.2) is 0 Å². The van der Waals surface area contributed by atoms with Gasteiger partial charge in [-0.05, 0) is 40.2 Å². The molecular weight excluding hydrogens is 262 g/mol. The van der Waals surface area contributed by atoms with Gasteiger partial charge in [0.2, 0.25) is 0 Å². The smallest absolute Gasteiger partial charge is 0.410 e. The van der Waals surface area contributed by atoms with Gasteiger partial charge in [-0.2, -0.15) is 0 Å². The zero-order chi connectivity index (χ0) is 14.2. The molecule has 2 aliphatic rings. The van der Waals surface area contributed by atoms with Crippen LogP contribution in [0.2, 0.25) is 0 Å². The summed E-state index contributed by atoms with van der Waals surface area (Å²) in [4.78, 5) is 16.7. The summed E-state index contributed by atoms with van der Waals surface area (Å²) in [7, 11) is 0. The molecule has 0 aromatic rings. The number of hydrogen-bond donors (Lipinski definition) is 1. The van der Waals surface area contributed by atoms with Crippen molar-refractivity contribution in [1.29, 1.82) is 0 Å². The monoisotopic (exact) mass is 285 g/mol. The molecule has 0 bridgehead atoms. The highest BCUT2D eigenvalue weighted by atomic mass is 32.1. The summed E-state index contributed by atoms with van der Waals surface area (Å²) >= 11 is 5.11. The number of rotatable bonds is 1. The van der Waals surface area contributed by atoms with Crippen molar-refractivity contribution >= 4 is 23.3 Å². The summed E-state index contributed by atoms with van der Waals surface area (Å²) in [5.41, 5.74) is 5.30. The minimum absolute atomic E-state index is 0.209. The first-order chi connectivity index (χ1) is 8.78. The van der Waals surface area contributed by atoms with E-state index in [0.717, 1.165) is 19.5 Å². The topological polar surface area (TPSA) is 58.8 Å². The molecule has 0 aromatic heterocycles. The van der Waals surface area contributed by atoms with Gasteiger partial charge in [0.05, 0.1) is 11.0 Å². The van der Waals surface area contributed by atoms with Crippen LogP contribution in [0.1, 0.15) is 33.6 Å². The molecule has 0 spiro atoms. The average Bonchev–Trinajstić information content (AvgIpc) is 2.71.